The number of halogens is 2. The molecule has 38 heavy (non-hydrogen) atoms. The highest BCUT2D eigenvalue weighted by Gasteiger charge is 2.51. The Labute approximate surface area is 230 Å². The number of fused-ring (bicyclic) bond motifs is 2. The number of carbonyl (C=O) groups is 2. The smallest absolute Gasteiger partial charge is 0.374 e. The van der Waals surface area contributed by atoms with Crippen molar-refractivity contribution in [2.45, 2.75) is 19.6 Å². The van der Waals surface area contributed by atoms with Gasteiger partial charge in [-0.25, -0.2) is 8.42 Å². The lowest BCUT2D eigenvalue weighted by molar-refractivity contribution is -0.543. The van der Waals surface area contributed by atoms with Crippen molar-refractivity contribution in [2.75, 3.05) is 29.1 Å². The number of ether oxygens (including phenoxy) is 1. The summed E-state index contributed by atoms with van der Waals surface area (Å²) in [5.41, 5.74) is -0.241. The molecule has 1 unspecified atom stereocenters. The summed E-state index contributed by atoms with van der Waals surface area (Å²) in [4.78, 5) is 28.3. The van der Waals surface area contributed by atoms with Gasteiger partial charge in [0.25, 0.3) is 11.6 Å². The molecule has 2 aromatic carbocycles. The van der Waals surface area contributed by atoms with Crippen molar-refractivity contribution in [3.63, 3.8) is 0 Å². The number of allylic oxidation sites excluding steroid dienone is 2. The van der Waals surface area contributed by atoms with Crippen LogP contribution >= 0.6 is 23.2 Å². The Kier molecular flexibility index (Phi) is 7.46. The number of benzene rings is 2. The third-order valence-electron chi connectivity index (χ3n) is 5.94. The Bertz CT molecular complexity index is 1520. The van der Waals surface area contributed by atoms with E-state index < -0.39 is 27.6 Å². The average molecular weight is 579 g/mol. The number of amides is 1. The van der Waals surface area contributed by atoms with Crippen LogP contribution in [0, 0.1) is 0 Å². The quantitative estimate of drug-likeness (QED) is 0.497. The molecule has 0 aliphatic carbocycles. The number of nitrogens with one attached hydrogen (secondary N) is 1. The predicted molar refractivity (Wildman–Crippen MR) is 144 cm³/mol. The van der Waals surface area contributed by atoms with E-state index in [1.165, 1.54) is 16.7 Å². The zero-order valence-electron chi connectivity index (χ0n) is 20.6. The van der Waals surface area contributed by atoms with E-state index in [9.17, 15) is 23.1 Å². The van der Waals surface area contributed by atoms with Crippen LogP contribution in [0.1, 0.15) is 13.8 Å². The van der Waals surface area contributed by atoms with Gasteiger partial charge in [0.1, 0.15) is 18.6 Å². The minimum Gasteiger partial charge on any atom is -0.540 e. The van der Waals surface area contributed by atoms with E-state index in [1.54, 1.807) is 60.5 Å². The van der Waals surface area contributed by atoms with Gasteiger partial charge in [0.15, 0.2) is 11.7 Å². The van der Waals surface area contributed by atoms with E-state index in [0.29, 0.717) is 40.2 Å². The van der Waals surface area contributed by atoms with Crippen molar-refractivity contribution in [1.82, 2.24) is 4.72 Å². The van der Waals surface area contributed by atoms with Gasteiger partial charge in [0, 0.05) is 25.6 Å². The molecule has 4 rings (SSSR count). The number of nitrogens with zero attached hydrogens (tertiary/aromatic N) is 3. The van der Waals surface area contributed by atoms with Gasteiger partial charge in [0.05, 0.1) is 27.7 Å². The SMILES string of the molecule is C/C=[N+]1\c2ccccc2OC1(/C=C/C=C1\N(CC)c2cc(Cl)c(Cl)cc2N1CC(=O)NS(C)(=O)=O)C(=O)[O-]. The number of sulfonamides is 1. The minimum atomic E-state index is -3.79. The lowest BCUT2D eigenvalue weighted by atomic mass is 10.1. The number of aliphatic carboxylic acids is 1. The van der Waals surface area contributed by atoms with Crippen molar-refractivity contribution in [3.05, 3.63) is 70.5 Å². The van der Waals surface area contributed by atoms with Crippen molar-refractivity contribution >= 4 is 68.4 Å². The summed E-state index contributed by atoms with van der Waals surface area (Å²) in [5, 5.41) is 12.9. The molecule has 2 aliphatic rings. The van der Waals surface area contributed by atoms with Gasteiger partial charge < -0.3 is 24.4 Å². The summed E-state index contributed by atoms with van der Waals surface area (Å²) < 4.78 is 32.5. The lowest BCUT2D eigenvalue weighted by Gasteiger charge is -2.24. The van der Waals surface area contributed by atoms with Crippen molar-refractivity contribution < 1.29 is 32.4 Å². The van der Waals surface area contributed by atoms with Crippen molar-refractivity contribution in [1.29, 1.82) is 0 Å². The third-order valence-corrected chi connectivity index (χ3v) is 7.26. The number of rotatable bonds is 7. The molecule has 2 heterocycles. The summed E-state index contributed by atoms with van der Waals surface area (Å²) >= 11 is 12.5. The molecule has 0 saturated carbocycles. The van der Waals surface area contributed by atoms with Crippen molar-refractivity contribution in [2.24, 2.45) is 0 Å². The number of carboxylic acid groups (broad SMARTS) is 1. The highest BCUT2D eigenvalue weighted by atomic mass is 35.5. The Hall–Kier alpha value is -3.54. The van der Waals surface area contributed by atoms with Gasteiger partial charge >= 0.3 is 5.72 Å². The zero-order chi connectivity index (χ0) is 27.8. The Morgan fingerprint density at radius 1 is 1.16 bits per heavy atom. The second kappa shape index (κ2) is 10.3. The normalized spacial score (nSPS) is 20.7. The highest BCUT2D eigenvalue weighted by Crippen LogP contribution is 2.46. The third kappa shape index (κ3) is 4.96. The summed E-state index contributed by atoms with van der Waals surface area (Å²) in [6.07, 6.45) is 6.86. The largest absolute Gasteiger partial charge is 0.540 e. The van der Waals surface area contributed by atoms with Gasteiger partial charge in [-0.2, -0.15) is 0 Å². The molecule has 13 heteroatoms. The van der Waals surface area contributed by atoms with Gasteiger partial charge in [-0.1, -0.05) is 41.4 Å². The van der Waals surface area contributed by atoms with Gasteiger partial charge in [-0.3, -0.25) is 9.52 Å². The standard InChI is InChI=1S/C25H24Cl2N4O6S/c1-4-29-19-13-16(26)17(27)14-20(19)30(15-22(32)28-38(3,35)36)23(29)11-8-12-25(24(33)34)31(5-2)18-9-6-7-10-21(18)37-25/h5-14H,4,15H2,1-3H3,(H-,28,32,33,34)/b12-8+,23-11+,31-5+. The number of hydrogen-bond acceptors (Lipinski definition) is 8. The molecule has 2 aromatic rings. The Morgan fingerprint density at radius 2 is 1.79 bits per heavy atom. The first-order valence-corrected chi connectivity index (χ1v) is 14.1. The van der Waals surface area contributed by atoms with Crippen LogP contribution in [-0.2, 0) is 19.6 Å². The van der Waals surface area contributed by atoms with E-state index in [1.807, 2.05) is 16.5 Å². The molecule has 1 N–H and O–H groups in total. The maximum atomic E-state index is 12.6. The number of carboxylic acids is 1. The van der Waals surface area contributed by atoms with E-state index >= 15 is 0 Å². The van der Waals surface area contributed by atoms with E-state index in [-0.39, 0.29) is 11.6 Å². The molecule has 1 atom stereocenters. The van der Waals surface area contributed by atoms with Crippen LogP contribution in [0.25, 0.3) is 0 Å². The maximum Gasteiger partial charge on any atom is 0.374 e. The fourth-order valence-electron chi connectivity index (χ4n) is 4.47. The first kappa shape index (κ1) is 27.5. The van der Waals surface area contributed by atoms with Crippen LogP contribution in [0.4, 0.5) is 17.1 Å². The van der Waals surface area contributed by atoms with Gasteiger partial charge in [0.2, 0.25) is 10.0 Å². The molecule has 0 spiro atoms. The zero-order valence-corrected chi connectivity index (χ0v) is 23.0. The van der Waals surface area contributed by atoms with Gasteiger partial charge in [-0.05, 0) is 31.2 Å². The average Bonchev–Trinajstić information content (AvgIpc) is 3.30. The number of anilines is 2. The Morgan fingerprint density at radius 3 is 2.37 bits per heavy atom. The fourth-order valence-corrected chi connectivity index (χ4v) is 5.26. The first-order valence-electron chi connectivity index (χ1n) is 11.4. The second-order valence-electron chi connectivity index (χ2n) is 8.45. The summed E-state index contributed by atoms with van der Waals surface area (Å²) in [6.45, 7) is 3.63. The Balaban J connectivity index is 1.78. The first-order chi connectivity index (χ1) is 17.9. The minimum absolute atomic E-state index is 0.244. The van der Waals surface area contributed by atoms with Crippen LogP contribution in [0.5, 0.6) is 5.75 Å². The monoisotopic (exact) mass is 578 g/mol. The van der Waals surface area contributed by atoms with Crippen LogP contribution < -0.4 is 24.4 Å². The summed E-state index contributed by atoms with van der Waals surface area (Å²) in [5.74, 6) is -1.42. The van der Waals surface area contributed by atoms with Crippen molar-refractivity contribution in [3.8, 4) is 5.75 Å². The number of hydrogen-bond donors (Lipinski definition) is 1. The summed E-state index contributed by atoms with van der Waals surface area (Å²) in [7, 11) is -3.79. The molecular formula is C25H24Cl2N4O6S. The van der Waals surface area contributed by atoms with E-state index in [0.717, 1.165) is 6.26 Å². The maximum absolute atomic E-state index is 12.6. The van der Waals surface area contributed by atoms with Crippen LogP contribution in [0.3, 0.4) is 0 Å². The fraction of sp³-hybridized carbons (Fsp3) is 0.240. The second-order valence-corrected chi connectivity index (χ2v) is 11.0. The van der Waals surface area contributed by atoms with Gasteiger partial charge in [-0.15, -0.1) is 4.58 Å². The molecule has 0 bridgehead atoms. The topological polar surface area (TPSA) is 122 Å². The molecule has 200 valence electrons. The van der Waals surface area contributed by atoms with Crippen LogP contribution in [0.2, 0.25) is 10.0 Å². The molecule has 10 nitrogen and oxygen atoms in total. The molecule has 0 saturated heterocycles. The van der Waals surface area contributed by atoms with Crippen LogP contribution in [0.15, 0.2) is 60.4 Å². The number of carbonyl (C=O) groups excluding carboxylic acids is 2. The van der Waals surface area contributed by atoms with E-state index in [2.05, 4.69) is 0 Å². The number of para-hydroxylation sites is 2. The van der Waals surface area contributed by atoms with E-state index in [4.69, 9.17) is 27.9 Å². The highest BCUT2D eigenvalue weighted by molar-refractivity contribution is 7.89. The molecule has 1 amide bonds. The van der Waals surface area contributed by atoms with Crippen LogP contribution in [-0.4, -0.2) is 56.2 Å². The summed E-state index contributed by atoms with van der Waals surface area (Å²) in [6, 6.07) is 10.1. The molecular weight excluding hydrogens is 555 g/mol. The molecule has 0 aromatic heterocycles. The lowest BCUT2D eigenvalue weighted by Crippen LogP contribution is -2.55. The predicted octanol–water partition coefficient (Wildman–Crippen LogP) is 2.39. The molecule has 2 aliphatic heterocycles. The molecule has 0 radical (unpaired) electrons. The molecule has 0 fully saturated rings.